The summed E-state index contributed by atoms with van der Waals surface area (Å²) in [6.07, 6.45) is -1.14. The zero-order valence-corrected chi connectivity index (χ0v) is 14.5. The minimum atomic E-state index is -3.75. The van der Waals surface area contributed by atoms with Crippen molar-refractivity contribution in [2.75, 3.05) is 5.75 Å². The van der Waals surface area contributed by atoms with Gasteiger partial charge in [-0.1, -0.05) is 29.8 Å². The van der Waals surface area contributed by atoms with Gasteiger partial charge in [0.2, 0.25) is 0 Å². The second-order valence-electron chi connectivity index (χ2n) is 5.54. The number of esters is 1. The number of nitro groups is 1. The van der Waals surface area contributed by atoms with E-state index in [4.69, 9.17) is 4.74 Å². The molecule has 132 valence electrons. The summed E-state index contributed by atoms with van der Waals surface area (Å²) in [5.41, 5.74) is 0.955. The summed E-state index contributed by atoms with van der Waals surface area (Å²) >= 11 is 0. The molecule has 0 fully saturated rings. The predicted molar refractivity (Wildman–Crippen MR) is 90.8 cm³/mol. The molecule has 0 bridgehead atoms. The van der Waals surface area contributed by atoms with E-state index in [1.807, 2.05) is 6.92 Å². The molecule has 0 spiro atoms. The molecule has 0 N–H and O–H groups in total. The first-order valence-electron chi connectivity index (χ1n) is 7.40. The van der Waals surface area contributed by atoms with Gasteiger partial charge in [-0.3, -0.25) is 14.9 Å². The normalized spacial score (nSPS) is 12.4. The number of hydrogen-bond donors (Lipinski definition) is 0. The highest BCUT2D eigenvalue weighted by Crippen LogP contribution is 2.26. The maximum absolute atomic E-state index is 12.6. The summed E-state index contributed by atoms with van der Waals surface area (Å²) < 4.78 is 30.3. The summed E-state index contributed by atoms with van der Waals surface area (Å²) in [5.74, 6) is -1.17. The molecule has 1 unspecified atom stereocenters. The summed E-state index contributed by atoms with van der Waals surface area (Å²) in [6, 6.07) is 11.7. The van der Waals surface area contributed by atoms with Crippen LogP contribution in [0.15, 0.2) is 53.4 Å². The Bertz CT molecular complexity index is 890. The molecule has 0 aromatic heterocycles. The molecular weight excluding hydrogens is 346 g/mol. The number of rotatable bonds is 6. The van der Waals surface area contributed by atoms with Gasteiger partial charge in [-0.2, -0.15) is 0 Å². The molecular formula is C17H17NO6S. The van der Waals surface area contributed by atoms with Crippen molar-refractivity contribution >= 4 is 21.5 Å². The minimum Gasteiger partial charge on any atom is -0.457 e. The Morgan fingerprint density at radius 2 is 1.84 bits per heavy atom. The second-order valence-corrected chi connectivity index (χ2v) is 7.58. The molecule has 0 aliphatic carbocycles. The topological polar surface area (TPSA) is 104 Å². The van der Waals surface area contributed by atoms with Crippen LogP contribution in [0.1, 0.15) is 24.2 Å². The average Bonchev–Trinajstić information content (AvgIpc) is 2.54. The summed E-state index contributed by atoms with van der Waals surface area (Å²) in [5, 5.41) is 10.9. The fourth-order valence-corrected chi connectivity index (χ4v) is 3.68. The maximum Gasteiger partial charge on any atom is 0.303 e. The molecule has 0 aliphatic rings. The third-order valence-corrected chi connectivity index (χ3v) is 5.24. The molecule has 0 heterocycles. The van der Waals surface area contributed by atoms with Crippen molar-refractivity contribution in [3.05, 3.63) is 69.8 Å². The van der Waals surface area contributed by atoms with Gasteiger partial charge in [0.25, 0.3) is 5.69 Å². The predicted octanol–water partition coefficient (Wildman–Crippen LogP) is 2.98. The van der Waals surface area contributed by atoms with Crippen LogP contribution >= 0.6 is 0 Å². The molecule has 7 nitrogen and oxygen atoms in total. The van der Waals surface area contributed by atoms with Gasteiger partial charge in [-0.15, -0.1) is 0 Å². The lowest BCUT2D eigenvalue weighted by Gasteiger charge is -2.17. The van der Waals surface area contributed by atoms with E-state index in [-0.39, 0.29) is 16.1 Å². The van der Waals surface area contributed by atoms with Crippen LogP contribution in [-0.2, 0) is 19.4 Å². The van der Waals surface area contributed by atoms with Gasteiger partial charge in [0.1, 0.15) is 6.10 Å². The SMILES string of the molecule is CC(=O)OC(CS(=O)(=O)c1ccc(C)cc1)c1cccc([N+](=O)[O-])c1. The van der Waals surface area contributed by atoms with Crippen LogP contribution in [0.5, 0.6) is 0 Å². The van der Waals surface area contributed by atoms with Gasteiger partial charge in [-0.25, -0.2) is 8.42 Å². The molecule has 1 atom stereocenters. The smallest absolute Gasteiger partial charge is 0.303 e. The van der Waals surface area contributed by atoms with Crippen molar-refractivity contribution in [2.45, 2.75) is 24.8 Å². The largest absolute Gasteiger partial charge is 0.457 e. The molecule has 0 amide bonds. The first kappa shape index (κ1) is 18.6. The van der Waals surface area contributed by atoms with E-state index in [0.29, 0.717) is 0 Å². The quantitative estimate of drug-likeness (QED) is 0.444. The molecule has 2 rings (SSSR count). The van der Waals surface area contributed by atoms with Crippen molar-refractivity contribution in [1.29, 1.82) is 0 Å². The second kappa shape index (κ2) is 7.43. The van der Waals surface area contributed by atoms with Gasteiger partial charge in [0.05, 0.1) is 15.6 Å². The highest BCUT2D eigenvalue weighted by Gasteiger charge is 2.26. The summed E-state index contributed by atoms with van der Waals surface area (Å²) in [6.45, 7) is 2.99. The first-order chi connectivity index (χ1) is 11.7. The maximum atomic E-state index is 12.6. The monoisotopic (exact) mass is 363 g/mol. The zero-order valence-electron chi connectivity index (χ0n) is 13.7. The number of carbonyl (C=O) groups excluding carboxylic acids is 1. The Labute approximate surface area is 145 Å². The number of carbonyl (C=O) groups is 1. The van der Waals surface area contributed by atoms with Gasteiger partial charge in [-0.05, 0) is 19.1 Å². The fourth-order valence-electron chi connectivity index (χ4n) is 2.28. The van der Waals surface area contributed by atoms with Crippen molar-refractivity contribution in [3.8, 4) is 0 Å². The van der Waals surface area contributed by atoms with Crippen molar-refractivity contribution in [1.82, 2.24) is 0 Å². The number of aryl methyl sites for hydroxylation is 1. The number of nitro benzene ring substituents is 1. The molecule has 8 heteroatoms. The third kappa shape index (κ3) is 4.87. The van der Waals surface area contributed by atoms with Crippen molar-refractivity contribution in [2.24, 2.45) is 0 Å². The highest BCUT2D eigenvalue weighted by molar-refractivity contribution is 7.91. The lowest BCUT2D eigenvalue weighted by Crippen LogP contribution is -2.19. The van der Waals surface area contributed by atoms with Gasteiger partial charge >= 0.3 is 5.97 Å². The van der Waals surface area contributed by atoms with E-state index in [9.17, 15) is 23.3 Å². The van der Waals surface area contributed by atoms with E-state index in [1.54, 1.807) is 12.1 Å². The van der Waals surface area contributed by atoms with Crippen molar-refractivity contribution in [3.63, 3.8) is 0 Å². The molecule has 2 aromatic carbocycles. The number of hydrogen-bond acceptors (Lipinski definition) is 6. The summed E-state index contributed by atoms with van der Waals surface area (Å²) in [7, 11) is -3.75. The zero-order chi connectivity index (χ0) is 18.6. The lowest BCUT2D eigenvalue weighted by molar-refractivity contribution is -0.385. The van der Waals surface area contributed by atoms with Gasteiger partial charge in [0, 0.05) is 24.6 Å². The lowest BCUT2D eigenvalue weighted by atomic mass is 10.1. The van der Waals surface area contributed by atoms with Crippen LogP contribution in [0.2, 0.25) is 0 Å². The molecule has 25 heavy (non-hydrogen) atoms. The van der Waals surface area contributed by atoms with E-state index in [1.165, 1.54) is 36.4 Å². The van der Waals surface area contributed by atoms with E-state index in [2.05, 4.69) is 0 Å². The fraction of sp³-hybridized carbons (Fsp3) is 0.235. The number of ether oxygens (including phenoxy) is 1. The van der Waals surface area contributed by atoms with E-state index in [0.717, 1.165) is 12.5 Å². The average molecular weight is 363 g/mol. The Kier molecular flexibility index (Phi) is 5.53. The standard InChI is InChI=1S/C17H17NO6S/c1-12-6-8-16(9-7-12)25(22,23)11-17(24-13(2)19)14-4-3-5-15(10-14)18(20)21/h3-10,17H,11H2,1-2H3. The number of non-ortho nitro benzene ring substituents is 1. The Balaban J connectivity index is 2.38. The molecule has 2 aromatic rings. The summed E-state index contributed by atoms with van der Waals surface area (Å²) in [4.78, 5) is 21.8. The molecule has 0 radical (unpaired) electrons. The van der Waals surface area contributed by atoms with Crippen LogP contribution < -0.4 is 0 Å². The van der Waals surface area contributed by atoms with Crippen LogP contribution in [0.4, 0.5) is 5.69 Å². The van der Waals surface area contributed by atoms with Crippen LogP contribution in [0.25, 0.3) is 0 Å². The molecule has 0 saturated carbocycles. The molecule has 0 aliphatic heterocycles. The first-order valence-corrected chi connectivity index (χ1v) is 9.05. The van der Waals surface area contributed by atoms with E-state index >= 15 is 0 Å². The Hall–Kier alpha value is -2.74. The number of nitrogens with zero attached hydrogens (tertiary/aromatic N) is 1. The van der Waals surface area contributed by atoms with Gasteiger partial charge in [0.15, 0.2) is 9.84 Å². The Morgan fingerprint density at radius 1 is 1.20 bits per heavy atom. The van der Waals surface area contributed by atoms with Crippen LogP contribution in [-0.4, -0.2) is 25.1 Å². The highest BCUT2D eigenvalue weighted by atomic mass is 32.2. The Morgan fingerprint density at radius 3 is 2.40 bits per heavy atom. The number of benzene rings is 2. The van der Waals surface area contributed by atoms with Gasteiger partial charge < -0.3 is 4.74 Å². The molecule has 0 saturated heterocycles. The van der Waals surface area contributed by atoms with Crippen molar-refractivity contribution < 1.29 is 22.9 Å². The third-order valence-electron chi connectivity index (χ3n) is 3.51. The minimum absolute atomic E-state index is 0.0979. The van der Waals surface area contributed by atoms with Crippen LogP contribution in [0, 0.1) is 17.0 Å². The van der Waals surface area contributed by atoms with Crippen LogP contribution in [0.3, 0.4) is 0 Å². The number of sulfone groups is 1. The van der Waals surface area contributed by atoms with E-state index < -0.39 is 32.6 Å².